The zero-order valence-corrected chi connectivity index (χ0v) is 11.8. The van der Waals surface area contributed by atoms with Crippen LogP contribution in [0.3, 0.4) is 0 Å². The highest BCUT2D eigenvalue weighted by Crippen LogP contribution is 2.21. The highest BCUT2D eigenvalue weighted by molar-refractivity contribution is 7.86. The quantitative estimate of drug-likeness (QED) is 0.732. The first-order chi connectivity index (χ1) is 8.54. The number of piperidine rings is 1. The lowest BCUT2D eigenvalue weighted by molar-refractivity contribution is 0.160. The van der Waals surface area contributed by atoms with Crippen LogP contribution in [-0.4, -0.2) is 80.0 Å². The minimum atomic E-state index is -3.28. The van der Waals surface area contributed by atoms with E-state index in [9.17, 15) is 8.42 Å². The number of hydrogen-bond acceptors (Lipinski definition) is 4. The van der Waals surface area contributed by atoms with Gasteiger partial charge in [0.05, 0.1) is 0 Å². The maximum Gasteiger partial charge on any atom is 0.282 e. The molecule has 0 unspecified atom stereocenters. The van der Waals surface area contributed by atoms with E-state index >= 15 is 0 Å². The lowest BCUT2D eigenvalue weighted by atomic mass is 10.00. The Balaban J connectivity index is 1.95. The monoisotopic (exact) mass is 277 g/mol. The SMILES string of the molecule is CN1CCN(S(=O)(=O)N2CCC(CO)CC2)CC1. The van der Waals surface area contributed by atoms with Crippen molar-refractivity contribution in [2.24, 2.45) is 5.92 Å². The molecule has 2 aliphatic rings. The lowest BCUT2D eigenvalue weighted by Crippen LogP contribution is -2.53. The van der Waals surface area contributed by atoms with Crippen molar-refractivity contribution in [3.05, 3.63) is 0 Å². The molecule has 2 rings (SSSR count). The van der Waals surface area contributed by atoms with E-state index in [-0.39, 0.29) is 12.5 Å². The highest BCUT2D eigenvalue weighted by atomic mass is 32.2. The largest absolute Gasteiger partial charge is 0.396 e. The summed E-state index contributed by atoms with van der Waals surface area (Å²) in [4.78, 5) is 2.14. The molecule has 6 nitrogen and oxygen atoms in total. The molecule has 7 heteroatoms. The Kier molecular flexibility index (Phi) is 4.60. The van der Waals surface area contributed by atoms with Gasteiger partial charge in [0.15, 0.2) is 0 Å². The van der Waals surface area contributed by atoms with E-state index in [4.69, 9.17) is 5.11 Å². The van der Waals surface area contributed by atoms with Crippen LogP contribution < -0.4 is 0 Å². The Morgan fingerprint density at radius 3 is 2.00 bits per heavy atom. The van der Waals surface area contributed by atoms with Crippen molar-refractivity contribution in [3.8, 4) is 0 Å². The summed E-state index contributed by atoms with van der Waals surface area (Å²) < 4.78 is 28.0. The molecule has 106 valence electrons. The molecule has 2 saturated heterocycles. The lowest BCUT2D eigenvalue weighted by Gasteiger charge is -2.37. The molecule has 0 atom stereocenters. The van der Waals surface area contributed by atoms with Gasteiger partial charge in [0.1, 0.15) is 0 Å². The highest BCUT2D eigenvalue weighted by Gasteiger charge is 2.33. The molecule has 0 spiro atoms. The van der Waals surface area contributed by atoms with E-state index in [0.29, 0.717) is 26.2 Å². The van der Waals surface area contributed by atoms with Gasteiger partial charge in [-0.25, -0.2) is 0 Å². The second-order valence-corrected chi connectivity index (χ2v) is 7.16. The molecule has 0 aromatic carbocycles. The van der Waals surface area contributed by atoms with Crippen molar-refractivity contribution in [1.29, 1.82) is 0 Å². The number of nitrogens with zero attached hydrogens (tertiary/aromatic N) is 3. The zero-order chi connectivity index (χ0) is 13.2. The van der Waals surface area contributed by atoms with Crippen molar-refractivity contribution < 1.29 is 13.5 Å². The summed E-state index contributed by atoms with van der Waals surface area (Å²) in [5.74, 6) is 0.268. The van der Waals surface area contributed by atoms with Gasteiger partial charge >= 0.3 is 0 Å². The van der Waals surface area contributed by atoms with Crippen LogP contribution in [0.5, 0.6) is 0 Å². The number of hydrogen-bond donors (Lipinski definition) is 1. The Bertz CT molecular complexity index is 358. The van der Waals surface area contributed by atoms with Gasteiger partial charge in [-0.1, -0.05) is 0 Å². The standard InChI is InChI=1S/C11H23N3O3S/c1-12-6-8-14(9-7-12)18(16,17)13-4-2-11(10-15)3-5-13/h11,15H,2-10H2,1H3. The van der Waals surface area contributed by atoms with Gasteiger partial charge < -0.3 is 10.0 Å². The third-order valence-corrected chi connectivity index (χ3v) is 5.98. The third kappa shape index (κ3) is 3.03. The fourth-order valence-electron chi connectivity index (χ4n) is 2.50. The summed E-state index contributed by atoms with van der Waals surface area (Å²) in [6.45, 7) is 4.01. The molecule has 1 N–H and O–H groups in total. The average molecular weight is 277 g/mol. The van der Waals surface area contributed by atoms with Gasteiger partial charge in [-0.05, 0) is 25.8 Å². The van der Waals surface area contributed by atoms with Crippen LogP contribution in [0.2, 0.25) is 0 Å². The molecular weight excluding hydrogens is 254 g/mol. The first-order valence-electron chi connectivity index (χ1n) is 6.58. The third-order valence-electron chi connectivity index (χ3n) is 3.95. The molecule has 0 saturated carbocycles. The number of rotatable bonds is 3. The molecule has 18 heavy (non-hydrogen) atoms. The van der Waals surface area contributed by atoms with Crippen LogP contribution in [0.4, 0.5) is 0 Å². The number of likely N-dealkylation sites (N-methyl/N-ethyl adjacent to an activating group) is 1. The first-order valence-corrected chi connectivity index (χ1v) is 7.98. The van der Waals surface area contributed by atoms with Crippen molar-refractivity contribution in [2.75, 3.05) is 52.9 Å². The summed E-state index contributed by atoms with van der Waals surface area (Å²) in [6, 6.07) is 0. The molecular formula is C11H23N3O3S. The molecule has 0 aromatic heterocycles. The molecule has 2 heterocycles. The van der Waals surface area contributed by atoms with Crippen LogP contribution in [0, 0.1) is 5.92 Å². The van der Waals surface area contributed by atoms with Crippen LogP contribution in [0.15, 0.2) is 0 Å². The molecule has 0 aliphatic carbocycles. The van der Waals surface area contributed by atoms with E-state index < -0.39 is 10.2 Å². The van der Waals surface area contributed by atoms with E-state index in [0.717, 1.165) is 25.9 Å². The van der Waals surface area contributed by atoms with Crippen LogP contribution in [-0.2, 0) is 10.2 Å². The van der Waals surface area contributed by atoms with Crippen LogP contribution in [0.25, 0.3) is 0 Å². The fraction of sp³-hybridized carbons (Fsp3) is 1.00. The summed E-state index contributed by atoms with van der Waals surface area (Å²) in [7, 11) is -1.27. The predicted molar refractivity (Wildman–Crippen MR) is 69.4 cm³/mol. The zero-order valence-electron chi connectivity index (χ0n) is 11.0. The van der Waals surface area contributed by atoms with E-state index in [1.54, 1.807) is 8.61 Å². The Morgan fingerprint density at radius 2 is 1.50 bits per heavy atom. The number of aliphatic hydroxyl groups excluding tert-OH is 1. The maximum absolute atomic E-state index is 12.4. The molecule has 2 aliphatic heterocycles. The van der Waals surface area contributed by atoms with E-state index in [1.807, 2.05) is 7.05 Å². The van der Waals surface area contributed by atoms with Gasteiger partial charge in [0.25, 0.3) is 10.2 Å². The second-order valence-electron chi connectivity index (χ2n) is 5.24. The number of aliphatic hydroxyl groups is 1. The average Bonchev–Trinajstić information content (AvgIpc) is 2.39. The summed E-state index contributed by atoms with van der Waals surface area (Å²) in [5, 5.41) is 9.07. The van der Waals surface area contributed by atoms with Gasteiger partial charge in [-0.2, -0.15) is 17.0 Å². The predicted octanol–water partition coefficient (Wildman–Crippen LogP) is -0.817. The van der Waals surface area contributed by atoms with Gasteiger partial charge in [0.2, 0.25) is 0 Å². The van der Waals surface area contributed by atoms with Crippen molar-refractivity contribution in [1.82, 2.24) is 13.5 Å². The van der Waals surface area contributed by atoms with E-state index in [2.05, 4.69) is 4.90 Å². The van der Waals surface area contributed by atoms with Crippen LogP contribution >= 0.6 is 0 Å². The van der Waals surface area contributed by atoms with Gasteiger partial charge in [0, 0.05) is 45.9 Å². The smallest absolute Gasteiger partial charge is 0.282 e. The molecule has 0 bridgehead atoms. The van der Waals surface area contributed by atoms with Crippen molar-refractivity contribution in [2.45, 2.75) is 12.8 Å². The Labute approximate surface area is 109 Å². The summed E-state index contributed by atoms with van der Waals surface area (Å²) >= 11 is 0. The Hall–Kier alpha value is -0.210. The van der Waals surface area contributed by atoms with Crippen molar-refractivity contribution >= 4 is 10.2 Å². The molecule has 0 aromatic rings. The second kappa shape index (κ2) is 5.83. The number of piperazine rings is 1. The van der Waals surface area contributed by atoms with Gasteiger partial charge in [-0.15, -0.1) is 0 Å². The molecule has 0 radical (unpaired) electrons. The summed E-state index contributed by atoms with van der Waals surface area (Å²) in [6.07, 6.45) is 1.53. The topological polar surface area (TPSA) is 64.1 Å². The minimum absolute atomic E-state index is 0.169. The van der Waals surface area contributed by atoms with Crippen molar-refractivity contribution in [3.63, 3.8) is 0 Å². The minimum Gasteiger partial charge on any atom is -0.396 e. The Morgan fingerprint density at radius 1 is 1.00 bits per heavy atom. The molecule has 0 amide bonds. The normalized spacial score (nSPS) is 26.6. The summed E-state index contributed by atoms with van der Waals surface area (Å²) in [5.41, 5.74) is 0. The maximum atomic E-state index is 12.4. The van der Waals surface area contributed by atoms with Crippen LogP contribution in [0.1, 0.15) is 12.8 Å². The van der Waals surface area contributed by atoms with E-state index in [1.165, 1.54) is 0 Å². The molecule has 2 fully saturated rings. The first kappa shape index (κ1) is 14.2. The van der Waals surface area contributed by atoms with Gasteiger partial charge in [-0.3, -0.25) is 0 Å². The fourth-order valence-corrected chi connectivity index (χ4v) is 4.13.